The van der Waals surface area contributed by atoms with Crippen LogP contribution in [0.15, 0.2) is 80.1 Å². The van der Waals surface area contributed by atoms with Gasteiger partial charge in [-0.1, -0.05) is 93.2 Å². The van der Waals surface area contributed by atoms with Crippen LogP contribution in [0.1, 0.15) is 108 Å². The third kappa shape index (κ3) is 14.8. The van der Waals surface area contributed by atoms with Crippen LogP contribution in [0.5, 0.6) is 5.75 Å². The summed E-state index contributed by atoms with van der Waals surface area (Å²) in [7, 11) is 0. The van der Waals surface area contributed by atoms with E-state index in [-0.39, 0.29) is 28.7 Å². The molecule has 4 aromatic carbocycles. The van der Waals surface area contributed by atoms with Crippen molar-refractivity contribution in [3.05, 3.63) is 156 Å². The Kier molecular flexibility index (Phi) is 21.9. The van der Waals surface area contributed by atoms with E-state index in [2.05, 4.69) is 58.5 Å². The van der Waals surface area contributed by atoms with Crippen LogP contribution in [0, 0.1) is 11.6 Å². The summed E-state index contributed by atoms with van der Waals surface area (Å²) in [6.45, 7) is 22.8. The first-order valence-corrected chi connectivity index (χ1v) is 30.3. The summed E-state index contributed by atoms with van der Waals surface area (Å²) in [5.74, 6) is 1.47. The number of ether oxygens (including phenoxy) is 1. The molecule has 82 heavy (non-hydrogen) atoms. The fraction of sp³-hybridized carbons (Fsp3) is 0.508. The highest BCUT2D eigenvalue weighted by Crippen LogP contribution is 2.34. The number of pyridine rings is 2. The third-order valence-corrected chi connectivity index (χ3v) is 17.6. The first-order chi connectivity index (χ1) is 39.3. The van der Waals surface area contributed by atoms with Gasteiger partial charge in [-0.15, -0.1) is 0 Å². The Labute approximate surface area is 499 Å². The maximum absolute atomic E-state index is 14.3. The van der Waals surface area contributed by atoms with E-state index in [0.717, 1.165) is 121 Å². The minimum atomic E-state index is -0.489. The molecule has 0 radical (unpaired) electrons. The van der Waals surface area contributed by atoms with Crippen molar-refractivity contribution in [1.82, 2.24) is 29.6 Å². The van der Waals surface area contributed by atoms with Crippen LogP contribution in [0.4, 0.5) is 37.5 Å². The monoisotopic (exact) mass is 1210 g/mol. The predicted octanol–water partition coefficient (Wildman–Crippen LogP) is 10.5. The molecule has 3 N–H and O–H groups in total. The molecule has 4 aliphatic heterocycles. The Balaban J connectivity index is 0.000000182. The molecule has 4 saturated heterocycles. The second kappa shape index (κ2) is 28.6. The number of hydrogen-bond acceptors (Lipinski definition) is 15. The van der Waals surface area contributed by atoms with Crippen LogP contribution in [0.2, 0.25) is 20.1 Å². The van der Waals surface area contributed by atoms with Crippen molar-refractivity contribution < 1.29 is 13.5 Å². The molecular weight excluding hydrogens is 1130 g/mol. The van der Waals surface area contributed by atoms with Crippen LogP contribution >= 0.6 is 46.4 Å². The Bertz CT molecular complexity index is 3290. The van der Waals surface area contributed by atoms with Gasteiger partial charge in [0.25, 0.3) is 5.43 Å². The number of halogens is 6. The van der Waals surface area contributed by atoms with E-state index in [9.17, 15) is 28.0 Å². The molecule has 2 atom stereocenters. The van der Waals surface area contributed by atoms with Gasteiger partial charge in [-0.05, 0) is 120 Å². The Hall–Kier alpha value is -5.24. The number of nitrogens with one attached hydrogen (secondary N) is 1. The normalized spacial score (nSPS) is 19.1. The molecule has 4 fully saturated rings. The number of piperazine rings is 2. The van der Waals surface area contributed by atoms with Crippen molar-refractivity contribution >= 4 is 75.1 Å². The number of piperidine rings is 2. The highest BCUT2D eigenvalue weighted by Gasteiger charge is 2.36. The van der Waals surface area contributed by atoms with Crippen LogP contribution in [-0.4, -0.2) is 126 Å². The van der Waals surface area contributed by atoms with Crippen LogP contribution in [0.25, 0.3) is 0 Å². The topological polar surface area (TPSA) is 161 Å². The van der Waals surface area contributed by atoms with Crippen molar-refractivity contribution in [3.8, 4) is 5.75 Å². The molecule has 15 nitrogen and oxygen atoms in total. The van der Waals surface area contributed by atoms with E-state index >= 15 is 0 Å². The number of aromatic nitrogens is 2. The maximum atomic E-state index is 14.3. The summed E-state index contributed by atoms with van der Waals surface area (Å²) in [5.41, 5.74) is 8.05. The number of nitrogens with zero attached hydrogens (tertiary/aromatic N) is 8. The maximum Gasteiger partial charge on any atom is 0.268 e. The molecule has 10 rings (SSSR count). The van der Waals surface area contributed by atoms with E-state index in [1.165, 1.54) is 12.1 Å². The first-order valence-electron chi connectivity index (χ1n) is 28.8. The summed E-state index contributed by atoms with van der Waals surface area (Å²) >= 11 is 24.8. The van der Waals surface area contributed by atoms with E-state index in [1.807, 2.05) is 20.8 Å². The Morgan fingerprint density at radius 1 is 0.634 bits per heavy atom. The Morgan fingerprint density at radius 2 is 1.12 bits per heavy atom. The van der Waals surface area contributed by atoms with Gasteiger partial charge < -0.3 is 25.6 Å². The summed E-state index contributed by atoms with van der Waals surface area (Å²) in [5, 5.41) is 5.03. The largest absolute Gasteiger partial charge is 0.489 e. The van der Waals surface area contributed by atoms with Gasteiger partial charge in [-0.3, -0.25) is 38.8 Å². The second-order valence-corrected chi connectivity index (χ2v) is 23.7. The zero-order valence-electron chi connectivity index (χ0n) is 47.8. The molecule has 0 spiro atoms. The lowest BCUT2D eigenvalue weighted by molar-refractivity contribution is 0.0607. The van der Waals surface area contributed by atoms with Gasteiger partial charge in [0.15, 0.2) is 5.75 Å². The van der Waals surface area contributed by atoms with Gasteiger partial charge >= 0.3 is 0 Å². The van der Waals surface area contributed by atoms with E-state index in [4.69, 9.17) is 56.9 Å². The van der Waals surface area contributed by atoms with Gasteiger partial charge in [-0.25, -0.2) is 18.7 Å². The van der Waals surface area contributed by atoms with E-state index in [1.54, 1.807) is 55.7 Å². The molecule has 0 bridgehead atoms. The zero-order valence-corrected chi connectivity index (χ0v) is 50.8. The minimum absolute atomic E-state index is 0.0803. The number of likely N-dealkylation sites (tertiary alicyclic amines) is 2. The summed E-state index contributed by atoms with van der Waals surface area (Å²) in [6, 6.07) is 15.3. The van der Waals surface area contributed by atoms with E-state index < -0.39 is 16.3 Å². The second-order valence-electron chi connectivity index (χ2n) is 22.1. The quantitative estimate of drug-likeness (QED) is 0.0881. The fourth-order valence-electron chi connectivity index (χ4n) is 12.1. The number of hydrogen-bond donors (Lipinski definition) is 2. The first kappa shape index (κ1) is 62.8. The lowest BCUT2D eigenvalue weighted by atomic mass is 9.97. The minimum Gasteiger partial charge on any atom is -0.489 e. The SMILES string of the molecule is CCOc1c(C(C)C)c(=O)c1=O.CC[C@H]1CN(c2ncc(N)cc2Cl)CCN1C1CCN(Cc2ccc(Cl)cc2F)CC1.CCc1c(Nc2cnc(N3CCN(C4CCN(Cc5ccc(Cl)cc5F)CC4)[C@@H](CC)C3)c(Cl)c2)c(=O)c1=O. The molecule has 0 aliphatic carbocycles. The van der Waals surface area contributed by atoms with Gasteiger partial charge in [0.2, 0.25) is 16.3 Å². The van der Waals surface area contributed by atoms with Crippen molar-refractivity contribution in [2.24, 2.45) is 0 Å². The van der Waals surface area contributed by atoms with Crippen molar-refractivity contribution in [3.63, 3.8) is 0 Å². The highest BCUT2D eigenvalue weighted by molar-refractivity contribution is 6.33. The molecular formula is C61H76Cl4F2N10O5. The molecule has 0 amide bonds. The molecule has 6 aromatic rings. The van der Waals surface area contributed by atoms with Crippen LogP contribution in [-0.2, 0) is 19.5 Å². The van der Waals surface area contributed by atoms with Gasteiger partial charge in [0.1, 0.15) is 23.3 Å². The van der Waals surface area contributed by atoms with Crippen LogP contribution < -0.4 is 47.3 Å². The highest BCUT2D eigenvalue weighted by atomic mass is 35.5. The third-order valence-electron chi connectivity index (χ3n) is 16.5. The van der Waals surface area contributed by atoms with Gasteiger partial charge in [-0.2, -0.15) is 0 Å². The fourth-order valence-corrected chi connectivity index (χ4v) is 13.0. The summed E-state index contributed by atoms with van der Waals surface area (Å²) in [4.78, 5) is 69.2. The number of anilines is 5. The Morgan fingerprint density at radius 3 is 1.55 bits per heavy atom. The van der Waals surface area contributed by atoms with Gasteiger partial charge in [0.05, 0.1) is 51.7 Å². The molecule has 21 heteroatoms. The molecule has 442 valence electrons. The summed E-state index contributed by atoms with van der Waals surface area (Å²) < 4.78 is 33.5. The van der Waals surface area contributed by atoms with Crippen LogP contribution in [0.3, 0.4) is 0 Å². The molecule has 0 saturated carbocycles. The molecule has 6 heterocycles. The summed E-state index contributed by atoms with van der Waals surface area (Å²) in [6.07, 6.45) is 10.3. The smallest absolute Gasteiger partial charge is 0.268 e. The standard InChI is InChI=1S/C29H34Cl2FN5O2.C23H30Cl2FN5.C9H12O3/c1-3-21-17-36(29-24(31)14-20(15-33-29)34-26-23(4-2)27(38)28(26)39)11-12-37(21)22-7-9-35(10-8-22)16-18-5-6-19(30)13-25(18)32;1-2-19-15-30(23-21(25)12-18(27)13-28-23)9-10-31(19)20-5-7-29(8-6-20)14-16-3-4-17(24)11-22(16)26;1-4-12-9-6(5(2)3)7(10)8(9)11/h5-6,13-15,21-22,34H,3-4,7-12,16-17H2,1-2H3;3-4,11-13,19-20H,2,5-10,14-15,27H2,1H3;5H,4H2,1-3H3/t21-;19-;/m00./s1. The van der Waals surface area contributed by atoms with Gasteiger partial charge in [0, 0.05) is 103 Å². The zero-order chi connectivity index (χ0) is 58.9. The number of benzene rings is 2. The van der Waals surface area contributed by atoms with Crippen molar-refractivity contribution in [2.75, 3.05) is 92.9 Å². The molecule has 2 aromatic heterocycles. The average Bonchev–Trinajstić information content (AvgIpc) is 3.67. The lowest BCUT2D eigenvalue weighted by Gasteiger charge is -2.47. The predicted molar refractivity (Wildman–Crippen MR) is 329 cm³/mol. The number of nitrogen functional groups attached to an aromatic ring is 1. The lowest BCUT2D eigenvalue weighted by Crippen LogP contribution is -2.58. The molecule has 0 unspecified atom stereocenters. The number of rotatable bonds is 16. The number of nitrogens with two attached hydrogens (primary N) is 1. The van der Waals surface area contributed by atoms with Crippen molar-refractivity contribution in [2.45, 2.75) is 130 Å². The average molecular weight is 1210 g/mol. The van der Waals surface area contributed by atoms with Crippen molar-refractivity contribution in [1.29, 1.82) is 0 Å². The molecule has 4 aliphatic rings. The van der Waals surface area contributed by atoms with E-state index in [0.29, 0.717) is 104 Å².